The minimum atomic E-state index is -0.877. The Morgan fingerprint density at radius 3 is 2.42 bits per heavy atom. The van der Waals surface area contributed by atoms with Crippen LogP contribution in [-0.4, -0.2) is 91.9 Å². The number of carbonyl (C=O) groups is 2. The van der Waals surface area contributed by atoms with Crippen LogP contribution in [0.2, 0.25) is 0 Å². The van der Waals surface area contributed by atoms with Crippen LogP contribution in [0.15, 0.2) is 4.99 Å². The minimum Gasteiger partial charge on any atom is -0.450 e. The molecule has 2 amide bonds. The van der Waals surface area contributed by atoms with Crippen LogP contribution < -0.4 is 10.6 Å². The Labute approximate surface area is 184 Å². The van der Waals surface area contributed by atoms with Gasteiger partial charge in [0.25, 0.3) is 0 Å². The summed E-state index contributed by atoms with van der Waals surface area (Å²) < 4.78 is 10.4. The second-order valence-electron chi connectivity index (χ2n) is 7.85. The molecule has 2 rings (SSSR count). The van der Waals surface area contributed by atoms with E-state index in [9.17, 15) is 14.9 Å². The van der Waals surface area contributed by atoms with Crippen LogP contribution in [0.4, 0.5) is 4.79 Å². The van der Waals surface area contributed by atoms with Gasteiger partial charge >= 0.3 is 6.09 Å². The smallest absolute Gasteiger partial charge is 0.413 e. The van der Waals surface area contributed by atoms with Crippen molar-refractivity contribution in [3.63, 3.8) is 0 Å². The lowest BCUT2D eigenvalue weighted by Crippen LogP contribution is -2.57. The zero-order chi connectivity index (χ0) is 22.7. The highest BCUT2D eigenvalue weighted by Gasteiger charge is 2.37. The predicted octanol–water partition coefficient (Wildman–Crippen LogP) is 1.08. The van der Waals surface area contributed by atoms with E-state index in [1.807, 2.05) is 11.8 Å². The second-order valence-corrected chi connectivity index (χ2v) is 7.85. The topological polar surface area (TPSA) is 119 Å². The van der Waals surface area contributed by atoms with Crippen LogP contribution in [0, 0.1) is 11.3 Å². The van der Waals surface area contributed by atoms with Crippen molar-refractivity contribution in [2.45, 2.75) is 58.0 Å². The number of rotatable bonds is 7. The van der Waals surface area contributed by atoms with Crippen molar-refractivity contribution >= 4 is 18.0 Å². The first kappa shape index (κ1) is 24.9. The summed E-state index contributed by atoms with van der Waals surface area (Å²) in [6.07, 6.45) is 2.07. The van der Waals surface area contributed by atoms with Crippen LogP contribution in [0.5, 0.6) is 0 Å². The van der Waals surface area contributed by atoms with Gasteiger partial charge in [0.1, 0.15) is 11.6 Å². The van der Waals surface area contributed by atoms with Crippen molar-refractivity contribution in [1.29, 1.82) is 5.26 Å². The van der Waals surface area contributed by atoms with Crippen molar-refractivity contribution in [1.82, 2.24) is 20.4 Å². The Balaban J connectivity index is 2.12. The molecular formula is C21H36N6O4. The SMILES string of the molecule is CCCN1CCC(C#N)(NC(=O)C(CC)N=C(NC(=O)OCC)N2CCOCC2)CC1. The van der Waals surface area contributed by atoms with E-state index in [1.165, 1.54) is 0 Å². The number of guanidine groups is 1. The zero-order valence-electron chi connectivity index (χ0n) is 19.0. The largest absolute Gasteiger partial charge is 0.450 e. The van der Waals surface area contributed by atoms with E-state index in [-0.39, 0.29) is 12.5 Å². The van der Waals surface area contributed by atoms with Gasteiger partial charge < -0.3 is 24.6 Å². The molecule has 0 saturated carbocycles. The molecule has 2 aliphatic heterocycles. The van der Waals surface area contributed by atoms with Gasteiger partial charge in [-0.2, -0.15) is 5.26 Å². The summed E-state index contributed by atoms with van der Waals surface area (Å²) in [7, 11) is 0. The van der Waals surface area contributed by atoms with Gasteiger partial charge in [-0.1, -0.05) is 13.8 Å². The highest BCUT2D eigenvalue weighted by molar-refractivity contribution is 5.96. The number of alkyl carbamates (subject to hydrolysis) is 1. The third-order valence-electron chi connectivity index (χ3n) is 5.59. The number of hydrogen-bond donors (Lipinski definition) is 2. The molecule has 1 unspecified atom stereocenters. The molecule has 0 aromatic heterocycles. The van der Waals surface area contributed by atoms with Crippen LogP contribution in [0.1, 0.15) is 46.5 Å². The van der Waals surface area contributed by atoms with Crippen molar-refractivity contribution < 1.29 is 19.1 Å². The molecule has 2 N–H and O–H groups in total. The third-order valence-corrected chi connectivity index (χ3v) is 5.59. The molecule has 2 aliphatic rings. The molecule has 0 aromatic rings. The summed E-state index contributed by atoms with van der Waals surface area (Å²) in [4.78, 5) is 33.8. The van der Waals surface area contributed by atoms with Crippen LogP contribution in [-0.2, 0) is 14.3 Å². The van der Waals surface area contributed by atoms with Gasteiger partial charge in [-0.05, 0) is 39.2 Å². The number of nitrogens with zero attached hydrogens (tertiary/aromatic N) is 4. The molecule has 0 bridgehead atoms. The molecule has 0 spiro atoms. The van der Waals surface area contributed by atoms with E-state index in [0.29, 0.717) is 51.5 Å². The number of piperidine rings is 1. The molecule has 31 heavy (non-hydrogen) atoms. The van der Waals surface area contributed by atoms with E-state index < -0.39 is 17.7 Å². The first-order chi connectivity index (χ1) is 15.0. The Morgan fingerprint density at radius 2 is 1.87 bits per heavy atom. The maximum absolute atomic E-state index is 13.1. The lowest BCUT2D eigenvalue weighted by Gasteiger charge is -2.38. The predicted molar refractivity (Wildman–Crippen MR) is 117 cm³/mol. The van der Waals surface area contributed by atoms with Crippen molar-refractivity contribution in [2.75, 3.05) is 52.5 Å². The summed E-state index contributed by atoms with van der Waals surface area (Å²) in [5, 5.41) is 15.4. The number of nitriles is 1. The van der Waals surface area contributed by atoms with Gasteiger partial charge in [0.2, 0.25) is 11.9 Å². The molecule has 2 saturated heterocycles. The van der Waals surface area contributed by atoms with Crippen LogP contribution >= 0.6 is 0 Å². The molecule has 10 heteroatoms. The summed E-state index contributed by atoms with van der Waals surface area (Å²) in [6, 6.07) is 1.61. The number of hydrogen-bond acceptors (Lipinski definition) is 7. The van der Waals surface area contributed by atoms with Crippen LogP contribution in [0.3, 0.4) is 0 Å². The number of nitrogens with one attached hydrogen (secondary N) is 2. The summed E-state index contributed by atoms with van der Waals surface area (Å²) in [5.41, 5.74) is -0.877. The van der Waals surface area contributed by atoms with E-state index >= 15 is 0 Å². The van der Waals surface area contributed by atoms with Gasteiger partial charge in [0.15, 0.2) is 0 Å². The highest BCUT2D eigenvalue weighted by Crippen LogP contribution is 2.22. The first-order valence-corrected chi connectivity index (χ1v) is 11.3. The van der Waals surface area contributed by atoms with Gasteiger partial charge in [-0.3, -0.25) is 10.1 Å². The fourth-order valence-electron chi connectivity index (χ4n) is 3.77. The van der Waals surface area contributed by atoms with Gasteiger partial charge in [0, 0.05) is 26.2 Å². The fraction of sp³-hybridized carbons (Fsp3) is 0.810. The van der Waals surface area contributed by atoms with Crippen molar-refractivity contribution in [3.8, 4) is 6.07 Å². The van der Waals surface area contributed by atoms with Gasteiger partial charge in [-0.25, -0.2) is 9.79 Å². The number of amides is 2. The average molecular weight is 437 g/mol. The third kappa shape index (κ3) is 7.36. The molecule has 2 fully saturated rings. The normalized spacial score (nSPS) is 20.5. The van der Waals surface area contributed by atoms with E-state index in [2.05, 4.69) is 33.5 Å². The maximum Gasteiger partial charge on any atom is 0.413 e. The molecule has 174 valence electrons. The quantitative estimate of drug-likeness (QED) is 0.453. The number of aliphatic imine (C=N–C) groups is 1. The Hall–Kier alpha value is -2.38. The lowest BCUT2D eigenvalue weighted by molar-refractivity contribution is -0.124. The van der Waals surface area contributed by atoms with Crippen molar-refractivity contribution in [3.05, 3.63) is 0 Å². The molecular weight excluding hydrogens is 400 g/mol. The van der Waals surface area contributed by atoms with Crippen LogP contribution in [0.25, 0.3) is 0 Å². The molecule has 2 heterocycles. The number of morpholine rings is 1. The second kappa shape index (κ2) is 12.5. The molecule has 0 radical (unpaired) electrons. The van der Waals surface area contributed by atoms with Gasteiger partial charge in [0.05, 0.1) is 25.9 Å². The number of carbonyl (C=O) groups excluding carboxylic acids is 2. The molecule has 10 nitrogen and oxygen atoms in total. The monoisotopic (exact) mass is 436 g/mol. The van der Waals surface area contributed by atoms with Crippen molar-refractivity contribution in [2.24, 2.45) is 4.99 Å². The molecule has 1 atom stereocenters. The summed E-state index contributed by atoms with van der Waals surface area (Å²) in [5.74, 6) is -0.00284. The van der Waals surface area contributed by atoms with E-state index in [4.69, 9.17) is 9.47 Å². The lowest BCUT2D eigenvalue weighted by atomic mass is 9.88. The summed E-state index contributed by atoms with van der Waals surface area (Å²) >= 11 is 0. The number of ether oxygens (including phenoxy) is 2. The highest BCUT2D eigenvalue weighted by atomic mass is 16.5. The van der Waals surface area contributed by atoms with E-state index in [1.54, 1.807) is 6.92 Å². The molecule has 0 aromatic carbocycles. The zero-order valence-corrected chi connectivity index (χ0v) is 19.0. The molecule has 0 aliphatic carbocycles. The standard InChI is InChI=1S/C21H36N6O4/c1-4-9-26-10-7-21(16-22,8-11-26)25-18(28)17(5-2)23-19(24-20(29)31-6-3)27-12-14-30-15-13-27/h17H,4-15H2,1-3H3,(H,25,28)(H,23,24,29). The first-order valence-electron chi connectivity index (χ1n) is 11.3. The minimum absolute atomic E-state index is 0.236. The Bertz CT molecular complexity index is 663. The van der Waals surface area contributed by atoms with E-state index in [0.717, 1.165) is 26.1 Å². The summed E-state index contributed by atoms with van der Waals surface area (Å²) in [6.45, 7) is 10.6. The Kier molecular flexibility index (Phi) is 10.0. The average Bonchev–Trinajstić information content (AvgIpc) is 2.79. The Morgan fingerprint density at radius 1 is 1.19 bits per heavy atom. The van der Waals surface area contributed by atoms with Gasteiger partial charge in [-0.15, -0.1) is 0 Å². The maximum atomic E-state index is 13.1. The number of likely N-dealkylation sites (tertiary alicyclic amines) is 1. The fourth-order valence-corrected chi connectivity index (χ4v) is 3.77.